The van der Waals surface area contributed by atoms with E-state index in [0.29, 0.717) is 36.1 Å². The van der Waals surface area contributed by atoms with Crippen LogP contribution in [0.4, 0.5) is 0 Å². The first-order chi connectivity index (χ1) is 18.2. The van der Waals surface area contributed by atoms with Gasteiger partial charge in [0, 0.05) is 30.3 Å². The summed E-state index contributed by atoms with van der Waals surface area (Å²) in [5.74, 6) is 3.46. The van der Waals surface area contributed by atoms with E-state index in [1.165, 1.54) is 11.1 Å². The number of rotatable bonds is 7. The van der Waals surface area contributed by atoms with Crippen molar-refractivity contribution in [2.75, 3.05) is 41.2 Å². The van der Waals surface area contributed by atoms with Gasteiger partial charge in [-0.05, 0) is 35.2 Å². The third-order valence-electron chi connectivity index (χ3n) is 7.73. The number of ether oxygens (including phenoxy) is 6. The number of nitrogens with zero attached hydrogens (tertiary/aromatic N) is 1. The largest absolute Gasteiger partial charge is 0.493 e. The summed E-state index contributed by atoms with van der Waals surface area (Å²) in [5.41, 5.74) is 11.9. The molecule has 37 heavy (non-hydrogen) atoms. The van der Waals surface area contributed by atoms with E-state index in [0.717, 1.165) is 35.4 Å². The van der Waals surface area contributed by atoms with Crippen LogP contribution in [-0.4, -0.2) is 46.1 Å². The molecule has 3 atom stereocenters. The molecule has 1 unspecified atom stereocenters. The van der Waals surface area contributed by atoms with Crippen molar-refractivity contribution in [2.45, 2.75) is 31.2 Å². The Kier molecular flexibility index (Phi) is 6.32. The van der Waals surface area contributed by atoms with Crippen molar-refractivity contribution >= 4 is 0 Å². The summed E-state index contributed by atoms with van der Waals surface area (Å²) in [4.78, 5) is 2.46. The third kappa shape index (κ3) is 3.79. The fourth-order valence-corrected chi connectivity index (χ4v) is 6.12. The Balaban J connectivity index is 1.54. The molecule has 3 aromatic rings. The molecule has 0 amide bonds. The number of fused-ring (bicyclic) bond motifs is 3. The highest BCUT2D eigenvalue weighted by atomic mass is 16.7. The number of methoxy groups -OCH3 is 3. The Morgan fingerprint density at radius 2 is 1.81 bits per heavy atom. The zero-order chi connectivity index (χ0) is 25.5. The van der Waals surface area contributed by atoms with E-state index in [9.17, 15) is 0 Å². The van der Waals surface area contributed by atoms with E-state index >= 15 is 0 Å². The Morgan fingerprint density at radius 1 is 1.00 bits per heavy atom. The minimum Gasteiger partial charge on any atom is -0.493 e. The SMILES string of the molecule is COc1ccc2c(c1OC)CO[C@@H]2[C@H]1c2c(cc3c(c2OC)OCO3)CCN1C(CN)c1ccccc1. The van der Waals surface area contributed by atoms with Crippen LogP contribution in [0, 0.1) is 0 Å². The van der Waals surface area contributed by atoms with Crippen molar-refractivity contribution in [3.8, 4) is 28.7 Å². The lowest BCUT2D eigenvalue weighted by Gasteiger charge is -2.45. The lowest BCUT2D eigenvalue weighted by molar-refractivity contribution is -0.0285. The molecule has 194 valence electrons. The van der Waals surface area contributed by atoms with E-state index in [1.807, 2.05) is 12.1 Å². The second-order valence-electron chi connectivity index (χ2n) is 9.41. The minimum atomic E-state index is -0.277. The van der Waals surface area contributed by atoms with Gasteiger partial charge in [-0.25, -0.2) is 0 Å². The quantitative estimate of drug-likeness (QED) is 0.510. The maximum absolute atomic E-state index is 6.60. The van der Waals surface area contributed by atoms with Crippen LogP contribution in [0.15, 0.2) is 48.5 Å². The average Bonchev–Trinajstić information content (AvgIpc) is 3.59. The molecule has 0 spiro atoms. The number of benzene rings is 3. The maximum atomic E-state index is 6.60. The summed E-state index contributed by atoms with van der Waals surface area (Å²) in [6.45, 7) is 1.87. The Labute approximate surface area is 216 Å². The molecule has 0 bridgehead atoms. The fourth-order valence-electron chi connectivity index (χ4n) is 6.12. The molecule has 3 aromatic carbocycles. The summed E-state index contributed by atoms with van der Waals surface area (Å²) < 4.78 is 35.6. The van der Waals surface area contributed by atoms with Crippen molar-refractivity contribution in [1.29, 1.82) is 0 Å². The van der Waals surface area contributed by atoms with Crippen molar-refractivity contribution in [2.24, 2.45) is 5.73 Å². The van der Waals surface area contributed by atoms with E-state index < -0.39 is 0 Å². The molecular formula is C29H32N2O6. The molecule has 6 rings (SSSR count). The van der Waals surface area contributed by atoms with Gasteiger partial charge in [0.15, 0.2) is 23.0 Å². The fraction of sp³-hybridized carbons (Fsp3) is 0.379. The van der Waals surface area contributed by atoms with Gasteiger partial charge in [-0.15, -0.1) is 0 Å². The molecule has 0 saturated heterocycles. The average molecular weight is 505 g/mol. The lowest BCUT2D eigenvalue weighted by atomic mass is 9.83. The molecule has 8 nitrogen and oxygen atoms in total. The summed E-state index contributed by atoms with van der Waals surface area (Å²) >= 11 is 0. The number of hydrogen-bond donors (Lipinski definition) is 1. The Bertz CT molecular complexity index is 1300. The summed E-state index contributed by atoms with van der Waals surface area (Å²) in [6, 6.07) is 16.3. The second kappa shape index (κ2) is 9.78. The van der Waals surface area contributed by atoms with Crippen molar-refractivity contribution < 1.29 is 28.4 Å². The minimum absolute atomic E-state index is 0.0118. The lowest BCUT2D eigenvalue weighted by Crippen LogP contribution is -2.43. The van der Waals surface area contributed by atoms with Gasteiger partial charge in [0.05, 0.1) is 34.0 Å². The molecule has 0 aromatic heterocycles. The predicted octanol–water partition coefficient (Wildman–Crippen LogP) is 4.31. The van der Waals surface area contributed by atoms with E-state index in [-0.39, 0.29) is 25.0 Å². The molecule has 3 aliphatic rings. The van der Waals surface area contributed by atoms with Gasteiger partial charge in [-0.2, -0.15) is 0 Å². The van der Waals surface area contributed by atoms with Gasteiger partial charge < -0.3 is 34.2 Å². The van der Waals surface area contributed by atoms with Crippen LogP contribution in [0.25, 0.3) is 0 Å². The molecular weight excluding hydrogens is 472 g/mol. The Morgan fingerprint density at radius 3 is 2.54 bits per heavy atom. The van der Waals surface area contributed by atoms with E-state index in [4.69, 9.17) is 34.2 Å². The topological polar surface area (TPSA) is 84.6 Å². The van der Waals surface area contributed by atoms with Gasteiger partial charge in [-0.3, -0.25) is 4.90 Å². The first-order valence-electron chi connectivity index (χ1n) is 12.6. The first-order valence-corrected chi connectivity index (χ1v) is 12.6. The monoisotopic (exact) mass is 504 g/mol. The predicted molar refractivity (Wildman–Crippen MR) is 138 cm³/mol. The zero-order valence-electron chi connectivity index (χ0n) is 21.4. The van der Waals surface area contributed by atoms with Crippen molar-refractivity contribution in [3.05, 3.63) is 76.3 Å². The summed E-state index contributed by atoms with van der Waals surface area (Å²) in [7, 11) is 5.00. The van der Waals surface area contributed by atoms with Gasteiger partial charge in [0.2, 0.25) is 12.5 Å². The number of nitrogens with two attached hydrogens (primary N) is 1. The highest BCUT2D eigenvalue weighted by Crippen LogP contribution is 2.56. The van der Waals surface area contributed by atoms with Crippen LogP contribution >= 0.6 is 0 Å². The molecule has 2 N–H and O–H groups in total. The number of hydrogen-bond acceptors (Lipinski definition) is 8. The van der Waals surface area contributed by atoms with E-state index in [2.05, 4.69) is 41.3 Å². The molecule has 0 saturated carbocycles. The van der Waals surface area contributed by atoms with Gasteiger partial charge in [0.1, 0.15) is 6.10 Å². The smallest absolute Gasteiger partial charge is 0.231 e. The van der Waals surface area contributed by atoms with Crippen LogP contribution in [0.5, 0.6) is 28.7 Å². The van der Waals surface area contributed by atoms with Crippen LogP contribution in [0.2, 0.25) is 0 Å². The normalized spacial score (nSPS) is 20.8. The van der Waals surface area contributed by atoms with Crippen molar-refractivity contribution in [1.82, 2.24) is 4.90 Å². The Hall–Kier alpha value is -3.46. The van der Waals surface area contributed by atoms with Gasteiger partial charge in [0.25, 0.3) is 0 Å². The van der Waals surface area contributed by atoms with Crippen LogP contribution in [0.3, 0.4) is 0 Å². The zero-order valence-corrected chi connectivity index (χ0v) is 21.4. The summed E-state index contributed by atoms with van der Waals surface area (Å²) in [6.07, 6.45) is 0.550. The maximum Gasteiger partial charge on any atom is 0.231 e. The van der Waals surface area contributed by atoms with Crippen LogP contribution < -0.4 is 29.4 Å². The van der Waals surface area contributed by atoms with Gasteiger partial charge in [-0.1, -0.05) is 36.4 Å². The molecule has 0 aliphatic carbocycles. The van der Waals surface area contributed by atoms with E-state index in [1.54, 1.807) is 21.3 Å². The molecule has 3 aliphatic heterocycles. The molecule has 3 heterocycles. The second-order valence-corrected chi connectivity index (χ2v) is 9.41. The van der Waals surface area contributed by atoms with Gasteiger partial charge >= 0.3 is 0 Å². The van der Waals surface area contributed by atoms with Crippen LogP contribution in [-0.2, 0) is 17.8 Å². The molecule has 8 heteroatoms. The standard InChI is InChI=1S/C29H32N2O6/c1-32-22-10-9-19-20(26(22)33-2)15-35-27(19)25-24-18(13-23-28(29(24)34-3)37-16-36-23)11-12-31(25)21(14-30)17-7-5-4-6-8-17/h4-10,13,21,25,27H,11-12,14-16,30H2,1-3H3/t21?,25-,27+/m1/s1. The molecule has 0 radical (unpaired) electrons. The summed E-state index contributed by atoms with van der Waals surface area (Å²) in [5, 5.41) is 0. The van der Waals surface area contributed by atoms with Crippen LogP contribution in [0.1, 0.15) is 46.0 Å². The molecule has 0 fully saturated rings. The highest BCUT2D eigenvalue weighted by molar-refractivity contribution is 5.63. The first kappa shape index (κ1) is 23.9. The van der Waals surface area contributed by atoms with Crippen molar-refractivity contribution in [3.63, 3.8) is 0 Å². The third-order valence-corrected chi connectivity index (χ3v) is 7.73. The highest BCUT2D eigenvalue weighted by Gasteiger charge is 2.45.